The summed E-state index contributed by atoms with van der Waals surface area (Å²) in [6.07, 6.45) is 4.63. The van der Waals surface area contributed by atoms with Crippen LogP contribution >= 0.6 is 23.6 Å². The predicted molar refractivity (Wildman–Crippen MR) is 114 cm³/mol. The van der Waals surface area contributed by atoms with Crippen molar-refractivity contribution >= 4 is 34.6 Å². The van der Waals surface area contributed by atoms with Crippen LogP contribution in [0.1, 0.15) is 43.2 Å². The van der Waals surface area contributed by atoms with Crippen molar-refractivity contribution in [1.29, 1.82) is 0 Å². The van der Waals surface area contributed by atoms with Gasteiger partial charge in [-0.3, -0.25) is 14.5 Å². The minimum absolute atomic E-state index is 0.116. The van der Waals surface area contributed by atoms with E-state index in [0.717, 1.165) is 34.8 Å². The molecule has 0 aliphatic rings. The number of benzene rings is 1. The van der Waals surface area contributed by atoms with E-state index in [9.17, 15) is 4.79 Å². The number of nitrogens with one attached hydrogen (secondary N) is 2. The van der Waals surface area contributed by atoms with Gasteiger partial charge >= 0.3 is 0 Å². The number of anilines is 1. The Morgan fingerprint density at radius 1 is 1.32 bits per heavy atom. The Hall–Kier alpha value is -2.39. The van der Waals surface area contributed by atoms with Crippen LogP contribution in [0, 0.1) is 11.7 Å². The number of hydrogen-bond donors (Lipinski definition) is 2. The normalized spacial score (nSPS) is 10.9. The predicted octanol–water partition coefficient (Wildman–Crippen LogP) is 4.53. The Morgan fingerprint density at radius 3 is 2.96 bits per heavy atom. The molecule has 1 amide bonds. The molecule has 0 saturated carbocycles. The van der Waals surface area contributed by atoms with Gasteiger partial charge in [0, 0.05) is 24.9 Å². The Morgan fingerprint density at radius 2 is 2.18 bits per heavy atom. The molecule has 0 bridgehead atoms. The van der Waals surface area contributed by atoms with Gasteiger partial charge in [0.1, 0.15) is 5.01 Å². The molecule has 1 aromatic carbocycles. The van der Waals surface area contributed by atoms with Crippen molar-refractivity contribution in [2.75, 3.05) is 5.32 Å². The van der Waals surface area contributed by atoms with Gasteiger partial charge < -0.3 is 5.32 Å². The summed E-state index contributed by atoms with van der Waals surface area (Å²) < 4.78 is 2.35. The first kappa shape index (κ1) is 20.3. The molecular formula is C19H24N6OS2. The number of aryl methyl sites for hydroxylation is 2. The quantitative estimate of drug-likeness (QED) is 0.395. The molecule has 0 saturated heterocycles. The Labute approximate surface area is 173 Å². The second-order valence-corrected chi connectivity index (χ2v) is 8.08. The summed E-state index contributed by atoms with van der Waals surface area (Å²) >= 11 is 6.77. The van der Waals surface area contributed by atoms with Crippen LogP contribution in [0.3, 0.4) is 0 Å². The smallest absolute Gasteiger partial charge is 0.227 e. The van der Waals surface area contributed by atoms with E-state index >= 15 is 0 Å². The number of nitrogens with zero attached hydrogens (tertiary/aromatic N) is 4. The van der Waals surface area contributed by atoms with Crippen LogP contribution in [0.5, 0.6) is 0 Å². The molecule has 3 aromatic rings. The van der Waals surface area contributed by atoms with E-state index in [1.54, 1.807) is 0 Å². The first-order valence-electron chi connectivity index (χ1n) is 9.41. The molecule has 148 valence electrons. The zero-order chi connectivity index (χ0) is 19.9. The molecule has 0 fully saturated rings. The van der Waals surface area contributed by atoms with Crippen molar-refractivity contribution < 1.29 is 4.79 Å². The lowest BCUT2D eigenvalue weighted by Gasteiger charge is -2.07. The van der Waals surface area contributed by atoms with E-state index in [4.69, 9.17) is 12.2 Å². The topological polar surface area (TPSA) is 88.5 Å². The molecule has 2 N–H and O–H groups in total. The molecule has 0 radical (unpaired) electrons. The first-order chi connectivity index (χ1) is 13.6. The maximum atomic E-state index is 12.3. The summed E-state index contributed by atoms with van der Waals surface area (Å²) in [5.74, 6) is 0.616. The lowest BCUT2D eigenvalue weighted by Crippen LogP contribution is -2.15. The highest BCUT2D eigenvalue weighted by molar-refractivity contribution is 7.71. The third-order valence-corrected chi connectivity index (χ3v) is 5.51. The van der Waals surface area contributed by atoms with Crippen LogP contribution in [0.25, 0.3) is 11.4 Å². The minimum atomic E-state index is -0.116. The van der Waals surface area contributed by atoms with E-state index in [1.807, 2.05) is 35.8 Å². The van der Waals surface area contributed by atoms with Crippen molar-refractivity contribution in [2.24, 2.45) is 0 Å². The summed E-state index contributed by atoms with van der Waals surface area (Å²) in [5, 5.41) is 19.7. The average molecular weight is 417 g/mol. The molecule has 28 heavy (non-hydrogen) atoms. The van der Waals surface area contributed by atoms with Crippen molar-refractivity contribution in [3.63, 3.8) is 0 Å². The monoisotopic (exact) mass is 416 g/mol. The van der Waals surface area contributed by atoms with Gasteiger partial charge in [-0.05, 0) is 31.6 Å². The lowest BCUT2D eigenvalue weighted by molar-refractivity contribution is -0.116. The standard InChI is InChI=1S/C19H24N6OS2/c1-3-4-5-9-16-21-23-18(28-16)20-15(26)10-11-25-17(22-24-19(25)27)14-8-6-7-13(2)12-14/h6-8,12H,3-5,9-11H2,1-2H3,(H,24,27)(H,20,23,26). The lowest BCUT2D eigenvalue weighted by atomic mass is 10.1. The number of unbranched alkanes of at least 4 members (excludes halogenated alkanes) is 2. The summed E-state index contributed by atoms with van der Waals surface area (Å²) in [4.78, 5) is 12.3. The highest BCUT2D eigenvalue weighted by atomic mass is 32.1. The molecule has 3 rings (SSSR count). The molecule has 0 aliphatic heterocycles. The number of amides is 1. The number of aromatic nitrogens is 5. The second kappa shape index (κ2) is 9.70. The van der Waals surface area contributed by atoms with E-state index in [1.165, 1.54) is 24.2 Å². The number of H-pyrrole nitrogens is 1. The third kappa shape index (κ3) is 5.32. The second-order valence-electron chi connectivity index (χ2n) is 6.63. The van der Waals surface area contributed by atoms with Crippen LogP contribution in [0.4, 0.5) is 5.13 Å². The van der Waals surface area contributed by atoms with Gasteiger partial charge in [-0.15, -0.1) is 10.2 Å². The molecule has 7 nitrogen and oxygen atoms in total. The number of carbonyl (C=O) groups excluding carboxylic acids is 1. The first-order valence-corrected chi connectivity index (χ1v) is 10.6. The zero-order valence-corrected chi connectivity index (χ0v) is 17.7. The van der Waals surface area contributed by atoms with Gasteiger partial charge in [0.25, 0.3) is 0 Å². The maximum Gasteiger partial charge on any atom is 0.227 e. The van der Waals surface area contributed by atoms with Crippen LogP contribution in [-0.4, -0.2) is 30.9 Å². The fraction of sp³-hybridized carbons (Fsp3) is 0.421. The molecule has 0 atom stereocenters. The summed E-state index contributed by atoms with van der Waals surface area (Å²) in [5.41, 5.74) is 2.11. The largest absolute Gasteiger partial charge is 0.300 e. The maximum absolute atomic E-state index is 12.3. The fourth-order valence-electron chi connectivity index (χ4n) is 2.86. The fourth-order valence-corrected chi connectivity index (χ4v) is 3.88. The number of aromatic amines is 1. The van der Waals surface area contributed by atoms with E-state index in [-0.39, 0.29) is 12.3 Å². The molecule has 2 aromatic heterocycles. The molecule has 9 heteroatoms. The van der Waals surface area contributed by atoms with E-state index in [0.29, 0.717) is 16.4 Å². The minimum Gasteiger partial charge on any atom is -0.300 e. The van der Waals surface area contributed by atoms with Gasteiger partial charge in [0.2, 0.25) is 11.0 Å². The molecule has 0 aliphatic carbocycles. The van der Waals surface area contributed by atoms with E-state index < -0.39 is 0 Å². The SMILES string of the molecule is CCCCCc1nnc(NC(=O)CCn2c(-c3cccc(C)c3)n[nH]c2=S)s1. The summed E-state index contributed by atoms with van der Waals surface area (Å²) in [6.45, 7) is 4.64. The Kier molecular flexibility index (Phi) is 7.05. The van der Waals surface area contributed by atoms with Gasteiger partial charge in [-0.25, -0.2) is 0 Å². The number of hydrogen-bond acceptors (Lipinski definition) is 6. The van der Waals surface area contributed by atoms with E-state index in [2.05, 4.69) is 32.6 Å². The van der Waals surface area contributed by atoms with Crippen molar-refractivity contribution in [2.45, 2.75) is 52.5 Å². The van der Waals surface area contributed by atoms with Gasteiger partial charge in [0.05, 0.1) is 0 Å². The third-order valence-electron chi connectivity index (χ3n) is 4.30. The number of rotatable bonds is 9. The Balaban J connectivity index is 1.60. The van der Waals surface area contributed by atoms with Crippen LogP contribution in [-0.2, 0) is 17.8 Å². The van der Waals surface area contributed by atoms with Crippen molar-refractivity contribution in [3.8, 4) is 11.4 Å². The average Bonchev–Trinajstić information content (AvgIpc) is 3.26. The molecule has 2 heterocycles. The van der Waals surface area contributed by atoms with Crippen LogP contribution in [0.2, 0.25) is 0 Å². The van der Waals surface area contributed by atoms with Gasteiger partial charge in [-0.2, -0.15) is 5.10 Å². The van der Waals surface area contributed by atoms with Crippen molar-refractivity contribution in [1.82, 2.24) is 25.0 Å². The number of carbonyl (C=O) groups is 1. The molecule has 0 spiro atoms. The summed E-state index contributed by atoms with van der Waals surface area (Å²) in [7, 11) is 0. The highest BCUT2D eigenvalue weighted by Crippen LogP contribution is 2.20. The Bertz CT molecular complexity index is 990. The van der Waals surface area contributed by atoms with Crippen LogP contribution in [0.15, 0.2) is 24.3 Å². The zero-order valence-electron chi connectivity index (χ0n) is 16.1. The van der Waals surface area contributed by atoms with Crippen LogP contribution < -0.4 is 5.32 Å². The molecule has 0 unspecified atom stereocenters. The van der Waals surface area contributed by atoms with Crippen molar-refractivity contribution in [3.05, 3.63) is 39.6 Å². The van der Waals surface area contributed by atoms with Gasteiger partial charge in [-0.1, -0.05) is 54.9 Å². The molecular weight excluding hydrogens is 392 g/mol. The summed E-state index contributed by atoms with van der Waals surface area (Å²) in [6, 6.07) is 8.03. The van der Waals surface area contributed by atoms with Gasteiger partial charge in [0.15, 0.2) is 10.6 Å². The highest BCUT2D eigenvalue weighted by Gasteiger charge is 2.12.